The van der Waals surface area contributed by atoms with Crippen molar-refractivity contribution in [3.05, 3.63) is 34.9 Å². The molecule has 1 N–H and O–H groups in total. The lowest BCUT2D eigenvalue weighted by Gasteiger charge is -2.39. The maximum Gasteiger partial charge on any atom is 0.238 e. The number of nitrogens with one attached hydrogen (secondary N) is 1. The molecule has 0 spiro atoms. The predicted molar refractivity (Wildman–Crippen MR) is 86.9 cm³/mol. The second kappa shape index (κ2) is 7.99. The monoisotopic (exact) mass is 329 g/mol. The third-order valence-corrected chi connectivity index (χ3v) is 4.28. The Morgan fingerprint density at radius 3 is 2.86 bits per heavy atom. The Morgan fingerprint density at radius 2 is 2.14 bits per heavy atom. The van der Waals surface area contributed by atoms with Crippen LogP contribution in [-0.4, -0.2) is 60.9 Å². The molecule has 1 aliphatic rings. The first-order valence-corrected chi connectivity index (χ1v) is 8.02. The Bertz CT molecular complexity index is 484. The van der Waals surface area contributed by atoms with Crippen LogP contribution in [0.15, 0.2) is 24.3 Å². The van der Waals surface area contributed by atoms with Crippen molar-refractivity contribution >= 4 is 29.1 Å². The van der Waals surface area contributed by atoms with Crippen molar-refractivity contribution in [2.24, 2.45) is 0 Å². The van der Waals surface area contributed by atoms with Crippen LogP contribution in [0.5, 0.6) is 0 Å². The first kappa shape index (κ1) is 16.6. The summed E-state index contributed by atoms with van der Waals surface area (Å²) in [7, 11) is 2.04. The Kier molecular flexibility index (Phi) is 6.30. The number of carbonyl (C=O) groups excluding carboxylic acids is 1. The minimum absolute atomic E-state index is 0.0363. The van der Waals surface area contributed by atoms with Gasteiger partial charge in [0.05, 0.1) is 0 Å². The van der Waals surface area contributed by atoms with Crippen LogP contribution in [0.3, 0.4) is 0 Å². The molecule has 1 aromatic carbocycles. The largest absolute Gasteiger partial charge is 0.353 e. The third kappa shape index (κ3) is 4.58. The summed E-state index contributed by atoms with van der Waals surface area (Å²) in [5.74, 6) is 0.466. The molecule has 1 amide bonds. The summed E-state index contributed by atoms with van der Waals surface area (Å²) in [6.45, 7) is 3.70. The first-order valence-electron chi connectivity index (χ1n) is 7.11. The van der Waals surface area contributed by atoms with Crippen molar-refractivity contribution in [3.8, 4) is 0 Å². The lowest BCUT2D eigenvalue weighted by molar-refractivity contribution is -0.128. The van der Waals surface area contributed by atoms with Gasteiger partial charge in [-0.2, -0.15) is 0 Å². The molecule has 2 rings (SSSR count). The van der Waals surface area contributed by atoms with Gasteiger partial charge >= 0.3 is 0 Å². The summed E-state index contributed by atoms with van der Waals surface area (Å²) in [4.78, 5) is 16.7. The number of halogens is 2. The van der Waals surface area contributed by atoms with Gasteiger partial charge in [0, 0.05) is 43.6 Å². The molecule has 1 atom stereocenters. The van der Waals surface area contributed by atoms with Crippen LogP contribution in [0, 0.1) is 0 Å². The predicted octanol–water partition coefficient (Wildman–Crippen LogP) is 1.81. The zero-order chi connectivity index (χ0) is 15.2. The average molecular weight is 330 g/mol. The van der Waals surface area contributed by atoms with Gasteiger partial charge in [0.25, 0.3) is 0 Å². The molecule has 0 saturated carbocycles. The fourth-order valence-electron chi connectivity index (χ4n) is 2.53. The van der Waals surface area contributed by atoms with E-state index in [2.05, 4.69) is 15.1 Å². The molecule has 1 unspecified atom stereocenters. The van der Waals surface area contributed by atoms with Crippen LogP contribution >= 0.6 is 23.2 Å². The zero-order valence-corrected chi connectivity index (χ0v) is 13.7. The summed E-state index contributed by atoms with van der Waals surface area (Å²) < 4.78 is 0. The number of likely N-dealkylation sites (N-methyl/N-ethyl adjacent to an activating group) is 1. The van der Waals surface area contributed by atoms with Crippen LogP contribution in [0.25, 0.3) is 0 Å². The van der Waals surface area contributed by atoms with Crippen LogP contribution in [-0.2, 0) is 11.3 Å². The minimum atomic E-state index is -0.164. The average Bonchev–Trinajstić information content (AvgIpc) is 2.48. The molecule has 21 heavy (non-hydrogen) atoms. The van der Waals surface area contributed by atoms with Gasteiger partial charge in [-0.15, -0.1) is 11.6 Å². The molecule has 0 bridgehead atoms. The number of alkyl halides is 1. The maximum absolute atomic E-state index is 12.3. The number of rotatable bonds is 5. The van der Waals surface area contributed by atoms with Gasteiger partial charge in [-0.25, -0.2) is 0 Å². The summed E-state index contributed by atoms with van der Waals surface area (Å²) in [5, 5.41) is 3.63. The van der Waals surface area contributed by atoms with E-state index in [1.54, 1.807) is 0 Å². The van der Waals surface area contributed by atoms with E-state index in [1.165, 1.54) is 0 Å². The lowest BCUT2D eigenvalue weighted by Crippen LogP contribution is -2.57. The van der Waals surface area contributed by atoms with E-state index in [0.29, 0.717) is 19.0 Å². The number of benzene rings is 1. The molecule has 1 aliphatic heterocycles. The molecule has 1 heterocycles. The van der Waals surface area contributed by atoms with Gasteiger partial charge in [-0.3, -0.25) is 9.69 Å². The quantitative estimate of drug-likeness (QED) is 0.837. The van der Waals surface area contributed by atoms with Crippen molar-refractivity contribution in [1.29, 1.82) is 0 Å². The lowest BCUT2D eigenvalue weighted by atomic mass is 10.1. The minimum Gasteiger partial charge on any atom is -0.353 e. The molecular formula is C15H21Cl2N3O. The van der Waals surface area contributed by atoms with Crippen molar-refractivity contribution in [3.63, 3.8) is 0 Å². The first-order chi connectivity index (χ1) is 10.1. The molecule has 4 nitrogen and oxygen atoms in total. The highest BCUT2D eigenvalue weighted by atomic mass is 35.5. The Labute approximate surface area is 136 Å². The number of hydrogen-bond acceptors (Lipinski definition) is 3. The topological polar surface area (TPSA) is 35.6 Å². The van der Waals surface area contributed by atoms with Gasteiger partial charge in [0.2, 0.25) is 5.91 Å². The summed E-state index contributed by atoms with van der Waals surface area (Å²) in [6.07, 6.45) is 0. The number of piperazine rings is 1. The number of carbonyl (C=O) groups is 1. The standard InChI is InChI=1S/C15H21Cl2N3O/c1-19-8-9-20(10-12-4-2-3-5-13(12)17)14(11-19)15(21)18-7-6-16/h2-5,14H,6-11H2,1H3,(H,18,21). The van der Waals surface area contributed by atoms with Crippen LogP contribution in [0.1, 0.15) is 5.56 Å². The van der Waals surface area contributed by atoms with Crippen LogP contribution in [0.2, 0.25) is 5.02 Å². The highest BCUT2D eigenvalue weighted by molar-refractivity contribution is 6.31. The van der Waals surface area contributed by atoms with Gasteiger partial charge < -0.3 is 10.2 Å². The van der Waals surface area contributed by atoms with E-state index in [1.807, 2.05) is 31.3 Å². The van der Waals surface area contributed by atoms with Crippen molar-refractivity contribution in [2.75, 3.05) is 39.1 Å². The molecule has 0 aromatic heterocycles. The molecule has 1 saturated heterocycles. The zero-order valence-electron chi connectivity index (χ0n) is 12.2. The fraction of sp³-hybridized carbons (Fsp3) is 0.533. The summed E-state index contributed by atoms with van der Waals surface area (Å²) >= 11 is 11.9. The molecule has 116 valence electrons. The Morgan fingerprint density at radius 1 is 1.38 bits per heavy atom. The highest BCUT2D eigenvalue weighted by Gasteiger charge is 2.31. The molecule has 1 aromatic rings. The van der Waals surface area contributed by atoms with E-state index in [4.69, 9.17) is 23.2 Å². The summed E-state index contributed by atoms with van der Waals surface area (Å²) in [5.41, 5.74) is 1.05. The normalized spacial score (nSPS) is 20.4. The van der Waals surface area contributed by atoms with E-state index in [0.717, 1.165) is 30.2 Å². The van der Waals surface area contributed by atoms with E-state index < -0.39 is 0 Å². The SMILES string of the molecule is CN1CCN(Cc2ccccc2Cl)C(C(=O)NCCCl)C1. The van der Waals surface area contributed by atoms with Gasteiger partial charge in [0.1, 0.15) is 6.04 Å². The van der Waals surface area contributed by atoms with Crippen LogP contribution in [0.4, 0.5) is 0 Å². The molecule has 0 radical (unpaired) electrons. The van der Waals surface area contributed by atoms with E-state index >= 15 is 0 Å². The second-order valence-electron chi connectivity index (χ2n) is 5.32. The highest BCUT2D eigenvalue weighted by Crippen LogP contribution is 2.20. The number of nitrogens with zero attached hydrogens (tertiary/aromatic N) is 2. The fourth-order valence-corrected chi connectivity index (χ4v) is 2.82. The molecule has 0 aliphatic carbocycles. The van der Waals surface area contributed by atoms with E-state index in [9.17, 15) is 4.79 Å². The molecular weight excluding hydrogens is 309 g/mol. The van der Waals surface area contributed by atoms with Crippen LogP contribution < -0.4 is 5.32 Å². The number of hydrogen-bond donors (Lipinski definition) is 1. The van der Waals surface area contributed by atoms with E-state index in [-0.39, 0.29) is 11.9 Å². The summed E-state index contributed by atoms with van der Waals surface area (Å²) in [6, 6.07) is 7.62. The van der Waals surface area contributed by atoms with Gasteiger partial charge in [0.15, 0.2) is 0 Å². The van der Waals surface area contributed by atoms with Crippen molar-refractivity contribution in [2.45, 2.75) is 12.6 Å². The van der Waals surface area contributed by atoms with Gasteiger partial charge in [-0.05, 0) is 18.7 Å². The van der Waals surface area contributed by atoms with Gasteiger partial charge in [-0.1, -0.05) is 29.8 Å². The Hall–Kier alpha value is -0.810. The van der Waals surface area contributed by atoms with Crippen molar-refractivity contribution < 1.29 is 4.79 Å². The second-order valence-corrected chi connectivity index (χ2v) is 6.11. The smallest absolute Gasteiger partial charge is 0.238 e. The number of amides is 1. The van der Waals surface area contributed by atoms with Crippen molar-refractivity contribution in [1.82, 2.24) is 15.1 Å². The molecule has 6 heteroatoms. The third-order valence-electron chi connectivity index (χ3n) is 3.72. The Balaban J connectivity index is 2.07. The maximum atomic E-state index is 12.3. The molecule has 1 fully saturated rings.